The highest BCUT2D eigenvalue weighted by molar-refractivity contribution is 7.89. The van der Waals surface area contributed by atoms with Crippen LogP contribution in [0.5, 0.6) is 5.75 Å². The number of rotatable bonds is 6. The predicted molar refractivity (Wildman–Crippen MR) is 104 cm³/mol. The maximum Gasteiger partial charge on any atom is 0.246 e. The third-order valence-corrected chi connectivity index (χ3v) is 6.03. The Morgan fingerprint density at radius 2 is 2.12 bits per heavy atom. The Kier molecular flexibility index (Phi) is 8.29. The van der Waals surface area contributed by atoms with E-state index in [1.54, 1.807) is 12.1 Å². The zero-order valence-corrected chi connectivity index (χ0v) is 17.1. The van der Waals surface area contributed by atoms with Gasteiger partial charge in [-0.25, -0.2) is 12.7 Å². The molecule has 1 aliphatic rings. The number of sulfonamides is 1. The Bertz CT molecular complexity index is 727. The van der Waals surface area contributed by atoms with Crippen molar-refractivity contribution in [1.82, 2.24) is 14.5 Å². The fraction of sp³-hybridized carbons (Fsp3) is 0.562. The number of amides is 1. The van der Waals surface area contributed by atoms with Gasteiger partial charge in [0, 0.05) is 45.5 Å². The lowest BCUT2D eigenvalue weighted by molar-refractivity contribution is -0.118. The van der Waals surface area contributed by atoms with E-state index in [2.05, 4.69) is 22.5 Å². The highest BCUT2D eigenvalue weighted by atomic mass is 35.5. The summed E-state index contributed by atoms with van der Waals surface area (Å²) in [6.45, 7) is 4.84. The molecule has 1 atom stereocenters. The van der Waals surface area contributed by atoms with Gasteiger partial charge >= 0.3 is 0 Å². The third-order valence-electron chi connectivity index (χ3n) is 4.19. The van der Waals surface area contributed by atoms with E-state index < -0.39 is 10.0 Å². The second-order valence-electron chi connectivity index (χ2n) is 6.22. The van der Waals surface area contributed by atoms with Crippen molar-refractivity contribution in [3.63, 3.8) is 0 Å². The van der Waals surface area contributed by atoms with Crippen LogP contribution in [0.1, 0.15) is 6.92 Å². The van der Waals surface area contributed by atoms with Crippen LogP contribution in [0.25, 0.3) is 0 Å². The van der Waals surface area contributed by atoms with Gasteiger partial charge in [-0.3, -0.25) is 9.69 Å². The first-order valence-electron chi connectivity index (χ1n) is 8.11. The van der Waals surface area contributed by atoms with E-state index in [1.807, 2.05) is 0 Å². The van der Waals surface area contributed by atoms with Gasteiger partial charge in [0.25, 0.3) is 0 Å². The van der Waals surface area contributed by atoms with Crippen LogP contribution in [-0.2, 0) is 14.8 Å². The molecule has 2 N–H and O–H groups in total. The molecule has 0 aliphatic carbocycles. The molecule has 8 nitrogen and oxygen atoms in total. The summed E-state index contributed by atoms with van der Waals surface area (Å²) in [6, 6.07) is 4.87. The number of benzene rings is 1. The molecule has 0 radical (unpaired) electrons. The summed E-state index contributed by atoms with van der Waals surface area (Å²) < 4.78 is 31.1. The molecule has 1 amide bonds. The Morgan fingerprint density at radius 3 is 2.69 bits per heavy atom. The highest BCUT2D eigenvalue weighted by Crippen LogP contribution is 2.28. The first-order chi connectivity index (χ1) is 11.8. The summed E-state index contributed by atoms with van der Waals surface area (Å²) in [5.41, 5.74) is 0.425. The average molecular weight is 407 g/mol. The van der Waals surface area contributed by atoms with Crippen molar-refractivity contribution in [1.29, 1.82) is 0 Å². The minimum absolute atomic E-state index is 0. The van der Waals surface area contributed by atoms with E-state index in [1.165, 1.54) is 27.3 Å². The van der Waals surface area contributed by atoms with Gasteiger partial charge in [-0.05, 0) is 25.1 Å². The van der Waals surface area contributed by atoms with Gasteiger partial charge < -0.3 is 15.4 Å². The second kappa shape index (κ2) is 9.52. The number of nitrogens with zero attached hydrogens (tertiary/aromatic N) is 2. The van der Waals surface area contributed by atoms with Crippen LogP contribution in [0.15, 0.2) is 23.1 Å². The van der Waals surface area contributed by atoms with E-state index in [0.717, 1.165) is 23.9 Å². The van der Waals surface area contributed by atoms with Crippen molar-refractivity contribution in [2.45, 2.75) is 17.9 Å². The first kappa shape index (κ1) is 22.7. The van der Waals surface area contributed by atoms with Crippen LogP contribution < -0.4 is 15.4 Å². The van der Waals surface area contributed by atoms with Gasteiger partial charge in [0.05, 0.1) is 13.7 Å². The molecular formula is C16H27ClN4O4S. The van der Waals surface area contributed by atoms with Gasteiger partial charge in [-0.15, -0.1) is 12.4 Å². The van der Waals surface area contributed by atoms with Crippen LogP contribution in [0.3, 0.4) is 0 Å². The summed E-state index contributed by atoms with van der Waals surface area (Å²) in [7, 11) is 0.636. The second-order valence-corrected chi connectivity index (χ2v) is 8.35. The van der Waals surface area contributed by atoms with Gasteiger partial charge in [-0.1, -0.05) is 0 Å². The van der Waals surface area contributed by atoms with E-state index >= 15 is 0 Å². The van der Waals surface area contributed by atoms with Crippen LogP contribution in [-0.4, -0.2) is 77.0 Å². The number of hydrogen-bond donors (Lipinski definition) is 2. The molecule has 2 rings (SSSR count). The fourth-order valence-corrected chi connectivity index (χ4v) is 3.73. The number of halogens is 1. The summed E-state index contributed by atoms with van der Waals surface area (Å²) in [5.74, 6) is 0.0644. The van der Waals surface area contributed by atoms with E-state index in [0.29, 0.717) is 5.69 Å². The number of nitrogens with one attached hydrogen (secondary N) is 2. The minimum atomic E-state index is -3.68. The van der Waals surface area contributed by atoms with Crippen molar-refractivity contribution in [2.24, 2.45) is 0 Å². The number of carbonyl (C=O) groups excluding carboxylic acids is 1. The number of anilines is 1. The summed E-state index contributed by atoms with van der Waals surface area (Å²) in [6.07, 6.45) is 0. The van der Waals surface area contributed by atoms with Crippen LogP contribution in [0, 0.1) is 0 Å². The summed E-state index contributed by atoms with van der Waals surface area (Å²) >= 11 is 0. The van der Waals surface area contributed by atoms with Crippen LogP contribution in [0.4, 0.5) is 5.69 Å². The van der Waals surface area contributed by atoms with Crippen molar-refractivity contribution in [3.05, 3.63) is 18.2 Å². The fourth-order valence-electron chi connectivity index (χ4n) is 2.66. The summed E-state index contributed by atoms with van der Waals surface area (Å²) in [5, 5.41) is 6.05. The van der Waals surface area contributed by atoms with Crippen molar-refractivity contribution in [2.75, 3.05) is 52.7 Å². The molecule has 0 saturated carbocycles. The van der Waals surface area contributed by atoms with Crippen LogP contribution >= 0.6 is 12.4 Å². The molecule has 1 aromatic rings. The number of piperazine rings is 1. The average Bonchev–Trinajstić information content (AvgIpc) is 2.56. The minimum Gasteiger partial charge on any atom is -0.495 e. The lowest BCUT2D eigenvalue weighted by Gasteiger charge is -2.33. The lowest BCUT2D eigenvalue weighted by atomic mass is 10.2. The molecular weight excluding hydrogens is 380 g/mol. The molecule has 10 heteroatoms. The normalized spacial score (nSPS) is 18.3. The highest BCUT2D eigenvalue weighted by Gasteiger charge is 2.24. The molecule has 1 heterocycles. The van der Waals surface area contributed by atoms with Crippen molar-refractivity contribution >= 4 is 34.0 Å². The Morgan fingerprint density at radius 1 is 1.42 bits per heavy atom. The molecule has 1 aromatic carbocycles. The quantitative estimate of drug-likeness (QED) is 0.718. The van der Waals surface area contributed by atoms with E-state index in [4.69, 9.17) is 4.74 Å². The smallest absolute Gasteiger partial charge is 0.246 e. The lowest BCUT2D eigenvalue weighted by Crippen LogP contribution is -2.51. The number of methoxy groups -OCH3 is 1. The van der Waals surface area contributed by atoms with Crippen molar-refractivity contribution in [3.8, 4) is 5.75 Å². The molecule has 148 valence electrons. The third kappa shape index (κ3) is 5.31. The number of ether oxygens (including phenoxy) is 1. The van der Waals surface area contributed by atoms with Gasteiger partial charge in [0.1, 0.15) is 10.6 Å². The summed E-state index contributed by atoms with van der Waals surface area (Å²) in [4.78, 5) is 14.4. The van der Waals surface area contributed by atoms with Crippen LogP contribution in [0.2, 0.25) is 0 Å². The molecule has 0 bridgehead atoms. The van der Waals surface area contributed by atoms with E-state index in [-0.39, 0.29) is 41.5 Å². The molecule has 1 fully saturated rings. The van der Waals surface area contributed by atoms with Gasteiger partial charge in [0.2, 0.25) is 15.9 Å². The van der Waals surface area contributed by atoms with Gasteiger partial charge in [0.15, 0.2) is 0 Å². The molecule has 26 heavy (non-hydrogen) atoms. The molecule has 0 unspecified atom stereocenters. The molecule has 1 saturated heterocycles. The molecule has 1 aliphatic heterocycles. The Hall–Kier alpha value is -1.39. The zero-order valence-electron chi connectivity index (χ0n) is 15.5. The Labute approximate surface area is 161 Å². The topological polar surface area (TPSA) is 91.0 Å². The first-order valence-corrected chi connectivity index (χ1v) is 9.55. The largest absolute Gasteiger partial charge is 0.495 e. The maximum absolute atomic E-state index is 12.4. The number of hydrogen-bond acceptors (Lipinski definition) is 6. The Balaban J connectivity index is 0.00000338. The molecule has 0 aromatic heterocycles. The number of carbonyl (C=O) groups is 1. The zero-order chi connectivity index (χ0) is 18.6. The maximum atomic E-state index is 12.4. The monoisotopic (exact) mass is 406 g/mol. The standard InChI is InChI=1S/C16H26N4O4S.ClH/c1-12-10-17-7-8-20(12)11-16(21)18-13-5-6-14(24-4)15(9-13)25(22,23)19(2)3;/h5-6,9,12,17H,7-8,10-11H2,1-4H3,(H,18,21);1H/t12-;/m1./s1. The van der Waals surface area contributed by atoms with Gasteiger partial charge in [-0.2, -0.15) is 0 Å². The predicted octanol–water partition coefficient (Wildman–Crippen LogP) is 0.600. The van der Waals surface area contributed by atoms with Crippen molar-refractivity contribution < 1.29 is 17.9 Å². The van der Waals surface area contributed by atoms with E-state index in [9.17, 15) is 13.2 Å². The molecule has 0 spiro atoms. The SMILES string of the molecule is COc1ccc(NC(=O)CN2CCNC[C@H]2C)cc1S(=O)(=O)N(C)C.Cl.